The summed E-state index contributed by atoms with van der Waals surface area (Å²) in [5, 5.41) is 10.2. The van der Waals surface area contributed by atoms with E-state index in [4.69, 9.17) is 11.6 Å². The maximum atomic E-state index is 12.6. The molecule has 0 fully saturated rings. The van der Waals surface area contributed by atoms with Gasteiger partial charge in [0.25, 0.3) is 5.91 Å². The van der Waals surface area contributed by atoms with Crippen LogP contribution < -0.4 is 0 Å². The number of carbonyl (C=O) groups is 1. The summed E-state index contributed by atoms with van der Waals surface area (Å²) in [5.41, 5.74) is 2.80. The second-order valence-electron chi connectivity index (χ2n) is 5.06. The van der Waals surface area contributed by atoms with Gasteiger partial charge in [-0.2, -0.15) is 0 Å². The van der Waals surface area contributed by atoms with E-state index in [1.807, 2.05) is 6.07 Å². The van der Waals surface area contributed by atoms with Crippen LogP contribution in [0.15, 0.2) is 40.9 Å². The molecule has 0 saturated carbocycles. The van der Waals surface area contributed by atoms with Gasteiger partial charge in [0.2, 0.25) is 0 Å². The van der Waals surface area contributed by atoms with Crippen molar-refractivity contribution < 1.29 is 9.90 Å². The molecule has 0 aliphatic carbocycles. The number of carbonyl (C=O) groups excluding carboxylic acids is 1. The highest BCUT2D eigenvalue weighted by Gasteiger charge is 2.22. The van der Waals surface area contributed by atoms with E-state index in [0.717, 1.165) is 12.0 Å². The predicted molar refractivity (Wildman–Crippen MR) is 85.7 cm³/mol. The van der Waals surface area contributed by atoms with Crippen molar-refractivity contribution in [3.63, 3.8) is 0 Å². The maximum absolute atomic E-state index is 12.6. The number of nitrogens with zero attached hydrogens (tertiary/aromatic N) is 1. The summed E-state index contributed by atoms with van der Waals surface area (Å²) in [5.74, 6) is 0.207. The van der Waals surface area contributed by atoms with E-state index in [0.29, 0.717) is 28.1 Å². The summed E-state index contributed by atoms with van der Waals surface area (Å²) in [6, 6.07) is 10.5. The Morgan fingerprint density at radius 1 is 1.19 bits per heavy atom. The van der Waals surface area contributed by atoms with Gasteiger partial charge in [-0.3, -0.25) is 4.79 Å². The molecule has 5 heteroatoms. The van der Waals surface area contributed by atoms with E-state index in [-0.39, 0.29) is 11.7 Å². The fraction of sp³-hybridized carbons (Fsp3) is 0.188. The first-order valence-electron chi connectivity index (χ1n) is 6.59. The highest BCUT2D eigenvalue weighted by molar-refractivity contribution is 9.10. The molecule has 2 aromatic rings. The summed E-state index contributed by atoms with van der Waals surface area (Å²) < 4.78 is 0.713. The summed E-state index contributed by atoms with van der Waals surface area (Å²) in [6.45, 7) is 1.19. The molecule has 0 unspecified atom stereocenters. The third-order valence-electron chi connectivity index (χ3n) is 3.66. The van der Waals surface area contributed by atoms with Crippen molar-refractivity contribution in [3.05, 3.63) is 62.6 Å². The number of benzene rings is 2. The first kappa shape index (κ1) is 14.4. The highest BCUT2D eigenvalue weighted by Crippen LogP contribution is 2.27. The normalized spacial score (nSPS) is 13.9. The van der Waals surface area contributed by atoms with Gasteiger partial charge < -0.3 is 10.0 Å². The third kappa shape index (κ3) is 2.92. The molecule has 0 radical (unpaired) electrons. The van der Waals surface area contributed by atoms with E-state index in [1.165, 1.54) is 5.56 Å². The largest absolute Gasteiger partial charge is 0.508 e. The fourth-order valence-corrected chi connectivity index (χ4v) is 3.02. The molecule has 1 N–H and O–H groups in total. The molecule has 0 aromatic heterocycles. The van der Waals surface area contributed by atoms with Crippen molar-refractivity contribution in [1.29, 1.82) is 0 Å². The van der Waals surface area contributed by atoms with Gasteiger partial charge in [0.05, 0.1) is 5.02 Å². The first-order chi connectivity index (χ1) is 10.0. The number of fused-ring (bicyclic) bond motifs is 1. The highest BCUT2D eigenvalue weighted by atomic mass is 79.9. The molecular weight excluding hydrogens is 354 g/mol. The van der Waals surface area contributed by atoms with Crippen LogP contribution in [-0.2, 0) is 13.0 Å². The molecule has 1 aliphatic rings. The molecule has 0 spiro atoms. The average Bonchev–Trinajstić information content (AvgIpc) is 2.48. The molecular formula is C16H13BrClNO2. The van der Waals surface area contributed by atoms with Crippen molar-refractivity contribution in [2.45, 2.75) is 13.0 Å². The van der Waals surface area contributed by atoms with Gasteiger partial charge in [-0.1, -0.05) is 17.7 Å². The molecule has 0 atom stereocenters. The predicted octanol–water partition coefficient (Wildman–Crippen LogP) is 4.01. The van der Waals surface area contributed by atoms with Crippen molar-refractivity contribution in [2.24, 2.45) is 0 Å². The molecule has 3 nitrogen and oxygen atoms in total. The number of phenolic OH excluding ortho intramolecular Hbond substituents is 1. The lowest BCUT2D eigenvalue weighted by Crippen LogP contribution is -2.35. The molecule has 1 amide bonds. The quantitative estimate of drug-likeness (QED) is 0.828. The van der Waals surface area contributed by atoms with Crippen molar-refractivity contribution in [2.75, 3.05) is 6.54 Å². The van der Waals surface area contributed by atoms with Crippen molar-refractivity contribution in [3.8, 4) is 5.75 Å². The fourth-order valence-electron chi connectivity index (χ4n) is 2.53. The zero-order valence-corrected chi connectivity index (χ0v) is 13.5. The van der Waals surface area contributed by atoms with Crippen LogP contribution in [0.1, 0.15) is 21.5 Å². The Balaban J connectivity index is 1.85. The molecule has 0 saturated heterocycles. The zero-order chi connectivity index (χ0) is 15.0. The maximum Gasteiger partial charge on any atom is 0.254 e. The Hall–Kier alpha value is -1.52. The Bertz CT molecular complexity index is 717. The molecule has 108 valence electrons. The molecule has 21 heavy (non-hydrogen) atoms. The average molecular weight is 367 g/mol. The molecule has 0 bridgehead atoms. The first-order valence-corrected chi connectivity index (χ1v) is 7.77. The van der Waals surface area contributed by atoms with Gasteiger partial charge in [-0.25, -0.2) is 0 Å². The smallest absolute Gasteiger partial charge is 0.254 e. The van der Waals surface area contributed by atoms with Gasteiger partial charge in [0, 0.05) is 23.1 Å². The minimum absolute atomic E-state index is 0.0265. The Kier molecular flexibility index (Phi) is 3.91. The lowest BCUT2D eigenvalue weighted by atomic mass is 9.99. The van der Waals surface area contributed by atoms with Gasteiger partial charge in [0.1, 0.15) is 5.75 Å². The van der Waals surface area contributed by atoms with E-state index in [1.54, 1.807) is 35.2 Å². The number of halogens is 2. The van der Waals surface area contributed by atoms with Crippen LogP contribution >= 0.6 is 27.5 Å². The van der Waals surface area contributed by atoms with Crippen LogP contribution in [0.5, 0.6) is 5.75 Å². The van der Waals surface area contributed by atoms with Crippen LogP contribution in [0, 0.1) is 0 Å². The van der Waals surface area contributed by atoms with Crippen LogP contribution in [0.25, 0.3) is 0 Å². The van der Waals surface area contributed by atoms with Gasteiger partial charge in [0.15, 0.2) is 0 Å². The number of aromatic hydroxyl groups is 1. The lowest BCUT2D eigenvalue weighted by molar-refractivity contribution is 0.0734. The van der Waals surface area contributed by atoms with E-state index < -0.39 is 0 Å². The summed E-state index contributed by atoms with van der Waals surface area (Å²) >= 11 is 9.29. The second-order valence-corrected chi connectivity index (χ2v) is 6.32. The standard InChI is InChI=1S/C16H13BrClNO2/c17-14-8-11(2-4-15(14)18)16(21)19-6-5-10-1-3-13(20)7-12(10)9-19/h1-4,7-8,20H,5-6,9H2. The second kappa shape index (κ2) is 5.70. The number of phenols is 1. The number of hydrogen-bond donors (Lipinski definition) is 1. The van der Waals surface area contributed by atoms with Gasteiger partial charge in [-0.05, 0) is 63.8 Å². The zero-order valence-electron chi connectivity index (χ0n) is 11.1. The molecule has 2 aromatic carbocycles. The topological polar surface area (TPSA) is 40.5 Å². The number of rotatable bonds is 1. The van der Waals surface area contributed by atoms with E-state index in [9.17, 15) is 9.90 Å². The van der Waals surface area contributed by atoms with Crippen LogP contribution in [0.2, 0.25) is 5.02 Å². The summed E-state index contributed by atoms with van der Waals surface area (Å²) in [4.78, 5) is 14.3. The van der Waals surface area contributed by atoms with Crippen molar-refractivity contribution >= 4 is 33.4 Å². The minimum Gasteiger partial charge on any atom is -0.508 e. The minimum atomic E-state index is -0.0265. The Labute approximate surface area is 136 Å². The molecule has 3 rings (SSSR count). The molecule has 1 heterocycles. The van der Waals surface area contributed by atoms with Crippen LogP contribution in [-0.4, -0.2) is 22.5 Å². The van der Waals surface area contributed by atoms with E-state index >= 15 is 0 Å². The van der Waals surface area contributed by atoms with Crippen LogP contribution in [0.3, 0.4) is 0 Å². The van der Waals surface area contributed by atoms with Crippen molar-refractivity contribution in [1.82, 2.24) is 4.90 Å². The van der Waals surface area contributed by atoms with Gasteiger partial charge in [-0.15, -0.1) is 0 Å². The summed E-state index contributed by atoms with van der Waals surface area (Å²) in [7, 11) is 0. The van der Waals surface area contributed by atoms with Gasteiger partial charge >= 0.3 is 0 Å². The Morgan fingerprint density at radius 2 is 2.00 bits per heavy atom. The van der Waals surface area contributed by atoms with E-state index in [2.05, 4.69) is 15.9 Å². The lowest BCUT2D eigenvalue weighted by Gasteiger charge is -2.29. The monoisotopic (exact) mass is 365 g/mol. The summed E-state index contributed by atoms with van der Waals surface area (Å²) in [6.07, 6.45) is 0.802. The third-order valence-corrected chi connectivity index (χ3v) is 4.87. The Morgan fingerprint density at radius 3 is 2.76 bits per heavy atom. The number of amides is 1. The number of hydrogen-bond acceptors (Lipinski definition) is 2. The SMILES string of the molecule is O=C(c1ccc(Cl)c(Br)c1)N1CCc2ccc(O)cc2C1. The van der Waals surface area contributed by atoms with Crippen LogP contribution in [0.4, 0.5) is 0 Å². The molecule has 1 aliphatic heterocycles.